The third-order valence-corrected chi connectivity index (χ3v) is 7.30. The zero-order valence-electron chi connectivity index (χ0n) is 20.1. The number of aromatic amines is 1. The van der Waals surface area contributed by atoms with Gasteiger partial charge in [0.25, 0.3) is 0 Å². The maximum atomic E-state index is 13.5. The van der Waals surface area contributed by atoms with Gasteiger partial charge in [-0.25, -0.2) is 0 Å². The second-order valence-electron chi connectivity index (χ2n) is 9.09. The number of nitrogens with zero attached hydrogens (tertiary/aromatic N) is 2. The van der Waals surface area contributed by atoms with E-state index in [0.29, 0.717) is 28.2 Å². The minimum atomic E-state index is -0.0194. The number of benzene rings is 3. The molecule has 2 heterocycles. The van der Waals surface area contributed by atoms with Crippen molar-refractivity contribution < 1.29 is 4.74 Å². The molecule has 1 N–H and O–H groups in total. The molecule has 1 aliphatic heterocycles. The summed E-state index contributed by atoms with van der Waals surface area (Å²) in [6.45, 7) is 6.17. The van der Waals surface area contributed by atoms with E-state index in [1.54, 1.807) is 19.2 Å². The summed E-state index contributed by atoms with van der Waals surface area (Å²) in [4.78, 5) is 21.7. The number of pyridine rings is 1. The standard InChI is InChI=1S/C29H30ClN3O2/c1-20-23(29(34)26-24(30)13-14-25(35-2)27(26)31-20)19-32-15-17-33(18-16-32)28(21-9-5-3-6-10-21)22-11-7-4-8-12-22/h3-14,28H,15-19H2,1-2H3,(H,31,34). The fourth-order valence-corrected chi connectivity index (χ4v) is 5.38. The summed E-state index contributed by atoms with van der Waals surface area (Å²) >= 11 is 6.43. The summed E-state index contributed by atoms with van der Waals surface area (Å²) in [7, 11) is 1.60. The molecule has 180 valence electrons. The second kappa shape index (κ2) is 10.2. The van der Waals surface area contributed by atoms with E-state index in [2.05, 4.69) is 75.4 Å². The van der Waals surface area contributed by atoms with Crippen molar-refractivity contribution in [3.63, 3.8) is 0 Å². The first-order chi connectivity index (χ1) is 17.1. The maximum Gasteiger partial charge on any atom is 0.195 e. The van der Waals surface area contributed by atoms with E-state index < -0.39 is 0 Å². The van der Waals surface area contributed by atoms with Crippen molar-refractivity contribution in [2.24, 2.45) is 0 Å². The molecule has 1 aliphatic rings. The average Bonchev–Trinajstić information content (AvgIpc) is 2.89. The minimum Gasteiger partial charge on any atom is -0.495 e. The fourth-order valence-electron chi connectivity index (χ4n) is 5.14. The topological polar surface area (TPSA) is 48.6 Å². The molecule has 0 aliphatic carbocycles. The molecule has 1 saturated heterocycles. The predicted molar refractivity (Wildman–Crippen MR) is 142 cm³/mol. The quantitative estimate of drug-likeness (QED) is 0.395. The van der Waals surface area contributed by atoms with Crippen molar-refractivity contribution in [3.8, 4) is 5.75 Å². The summed E-state index contributed by atoms with van der Waals surface area (Å²) in [6.07, 6.45) is 0. The molecular weight excluding hydrogens is 458 g/mol. The molecule has 1 fully saturated rings. The number of halogens is 1. The highest BCUT2D eigenvalue weighted by Crippen LogP contribution is 2.31. The van der Waals surface area contributed by atoms with Crippen molar-refractivity contribution in [2.75, 3.05) is 33.3 Å². The molecule has 0 saturated carbocycles. The fraction of sp³-hybridized carbons (Fsp3) is 0.276. The molecule has 0 amide bonds. The molecule has 6 heteroatoms. The Morgan fingerprint density at radius 1 is 0.914 bits per heavy atom. The van der Waals surface area contributed by atoms with Crippen LogP contribution in [0.5, 0.6) is 5.75 Å². The van der Waals surface area contributed by atoms with Gasteiger partial charge in [0.05, 0.1) is 29.1 Å². The van der Waals surface area contributed by atoms with Crippen molar-refractivity contribution in [1.29, 1.82) is 0 Å². The largest absolute Gasteiger partial charge is 0.495 e. The van der Waals surface area contributed by atoms with E-state index in [1.165, 1.54) is 11.1 Å². The average molecular weight is 488 g/mol. The first-order valence-corrected chi connectivity index (χ1v) is 12.4. The lowest BCUT2D eigenvalue weighted by Gasteiger charge is -2.40. The first-order valence-electron chi connectivity index (χ1n) is 12.0. The molecule has 4 aromatic rings. The van der Waals surface area contributed by atoms with E-state index in [9.17, 15) is 4.79 Å². The number of aryl methyl sites for hydroxylation is 1. The van der Waals surface area contributed by atoms with Crippen LogP contribution in [0.2, 0.25) is 5.02 Å². The number of rotatable bonds is 6. The van der Waals surface area contributed by atoms with Crippen LogP contribution in [0.1, 0.15) is 28.4 Å². The van der Waals surface area contributed by atoms with Crippen molar-refractivity contribution in [2.45, 2.75) is 19.5 Å². The van der Waals surface area contributed by atoms with Crippen LogP contribution in [0.25, 0.3) is 10.9 Å². The van der Waals surface area contributed by atoms with Crippen LogP contribution in [0, 0.1) is 6.92 Å². The van der Waals surface area contributed by atoms with E-state index in [0.717, 1.165) is 37.4 Å². The number of fused-ring (bicyclic) bond motifs is 1. The van der Waals surface area contributed by atoms with Crippen molar-refractivity contribution in [3.05, 3.63) is 110 Å². The normalized spacial score (nSPS) is 15.1. The molecule has 35 heavy (non-hydrogen) atoms. The lowest BCUT2D eigenvalue weighted by atomic mass is 9.96. The Kier molecular flexibility index (Phi) is 6.91. The molecule has 0 radical (unpaired) electrons. The van der Waals surface area contributed by atoms with Gasteiger partial charge in [-0.3, -0.25) is 14.6 Å². The van der Waals surface area contributed by atoms with Gasteiger partial charge in [-0.05, 0) is 30.2 Å². The SMILES string of the molecule is COc1ccc(Cl)c2c(=O)c(CN3CCN(C(c4ccccc4)c4ccccc4)CC3)c(C)[nH]c12. The Morgan fingerprint density at radius 2 is 1.51 bits per heavy atom. The van der Waals surface area contributed by atoms with E-state index in [-0.39, 0.29) is 11.5 Å². The number of piperazine rings is 1. The minimum absolute atomic E-state index is 0.0194. The van der Waals surface area contributed by atoms with Crippen molar-refractivity contribution in [1.82, 2.24) is 14.8 Å². The molecule has 0 atom stereocenters. The number of hydrogen-bond donors (Lipinski definition) is 1. The van der Waals surface area contributed by atoms with Gasteiger partial charge in [-0.2, -0.15) is 0 Å². The number of H-pyrrole nitrogens is 1. The van der Waals surface area contributed by atoms with Crippen LogP contribution in [-0.2, 0) is 6.54 Å². The lowest BCUT2D eigenvalue weighted by Crippen LogP contribution is -2.47. The van der Waals surface area contributed by atoms with Crippen LogP contribution >= 0.6 is 11.6 Å². The Bertz CT molecular complexity index is 1320. The zero-order valence-corrected chi connectivity index (χ0v) is 20.9. The molecule has 0 unspecified atom stereocenters. The Hall–Kier alpha value is -3.12. The maximum absolute atomic E-state index is 13.5. The van der Waals surface area contributed by atoms with Gasteiger partial charge in [0.15, 0.2) is 5.43 Å². The zero-order chi connectivity index (χ0) is 24.4. The number of methoxy groups -OCH3 is 1. The van der Waals surface area contributed by atoms with Gasteiger partial charge >= 0.3 is 0 Å². The Balaban J connectivity index is 1.37. The molecule has 5 nitrogen and oxygen atoms in total. The summed E-state index contributed by atoms with van der Waals surface area (Å²) in [6, 6.07) is 25.1. The third-order valence-electron chi connectivity index (χ3n) is 6.99. The number of aromatic nitrogens is 1. The molecular formula is C29H30ClN3O2. The smallest absolute Gasteiger partial charge is 0.195 e. The molecule has 1 aromatic heterocycles. The Labute approximate surface area is 210 Å². The van der Waals surface area contributed by atoms with E-state index in [1.807, 2.05) is 6.92 Å². The van der Waals surface area contributed by atoms with Crippen LogP contribution in [0.15, 0.2) is 77.6 Å². The number of ether oxygens (including phenoxy) is 1. The van der Waals surface area contributed by atoms with Crippen LogP contribution in [-0.4, -0.2) is 48.1 Å². The predicted octanol–water partition coefficient (Wildman–Crippen LogP) is 5.41. The van der Waals surface area contributed by atoms with E-state index >= 15 is 0 Å². The second-order valence-corrected chi connectivity index (χ2v) is 9.50. The highest BCUT2D eigenvalue weighted by atomic mass is 35.5. The molecule has 0 bridgehead atoms. The van der Waals surface area contributed by atoms with Gasteiger partial charge in [-0.15, -0.1) is 0 Å². The highest BCUT2D eigenvalue weighted by Gasteiger charge is 2.27. The summed E-state index contributed by atoms with van der Waals surface area (Å²) < 4.78 is 5.44. The highest BCUT2D eigenvalue weighted by molar-refractivity contribution is 6.35. The monoisotopic (exact) mass is 487 g/mol. The summed E-state index contributed by atoms with van der Waals surface area (Å²) in [5.41, 5.74) is 4.87. The number of nitrogens with one attached hydrogen (secondary N) is 1. The van der Waals surface area contributed by atoms with Gasteiger partial charge in [0.2, 0.25) is 0 Å². The molecule has 3 aromatic carbocycles. The Morgan fingerprint density at radius 3 is 2.09 bits per heavy atom. The van der Waals surface area contributed by atoms with Gasteiger partial charge < -0.3 is 9.72 Å². The molecule has 5 rings (SSSR count). The van der Waals surface area contributed by atoms with E-state index in [4.69, 9.17) is 16.3 Å². The van der Waals surface area contributed by atoms with Gasteiger partial charge in [-0.1, -0.05) is 72.3 Å². The van der Waals surface area contributed by atoms with Crippen molar-refractivity contribution >= 4 is 22.5 Å². The third kappa shape index (κ3) is 4.72. The first kappa shape index (κ1) is 23.6. The van der Waals surface area contributed by atoms with Crippen LogP contribution in [0.3, 0.4) is 0 Å². The lowest BCUT2D eigenvalue weighted by molar-refractivity contribution is 0.104. The van der Waals surface area contributed by atoms with Crippen LogP contribution < -0.4 is 10.2 Å². The van der Waals surface area contributed by atoms with Gasteiger partial charge in [0, 0.05) is 44.0 Å². The summed E-state index contributed by atoms with van der Waals surface area (Å²) in [5.74, 6) is 0.623. The molecule has 0 spiro atoms. The van der Waals surface area contributed by atoms with Crippen LogP contribution in [0.4, 0.5) is 0 Å². The van der Waals surface area contributed by atoms with Gasteiger partial charge in [0.1, 0.15) is 5.75 Å². The summed E-state index contributed by atoms with van der Waals surface area (Å²) in [5, 5.41) is 0.945. The number of hydrogen-bond acceptors (Lipinski definition) is 4.